The van der Waals surface area contributed by atoms with Crippen molar-refractivity contribution in [2.24, 2.45) is 17.6 Å². The minimum absolute atomic E-state index is 0. The average Bonchev–Trinajstić information content (AvgIpc) is 3.30. The third-order valence-corrected chi connectivity index (χ3v) is 12.5. The summed E-state index contributed by atoms with van der Waals surface area (Å²) in [4.78, 5) is 85.9. The molecule has 376 valence electrons. The van der Waals surface area contributed by atoms with Gasteiger partial charge in [0.1, 0.15) is 30.8 Å². The standard InChI is InChI=1S/C54H70N8O7.H2S/c1-34-28-47(65)50(62(10)53(67)39(21-23-56)32-46(64)43-33-57-51(58-35(43)2)37-14-17-40(18-15-37)54(3,4)5)38-16-20-49(69-27-25-61(8)9)42(31-38)41-29-36(13-19-48(41)68-26-24-60(6)7)30-44(59-52(34)66)45(63)12-11-22-55;/h13-20,29,31,33-34,39,44,50H,11-12,21,23-28,30,32,56H2,1-10H3,(H,59,66);1H2/t34-,39-,44+,50+;/m1./s1. The SMILES string of the molecule is Cc1nc(-c2ccc(C(C)(C)C)cc2)ncc1C(=O)C[C@@H](CCN)C(=O)N(C)[C@@H]1C(=O)C[C@@H](C)C(=O)N[C@H](C(=O)CCC#N)Cc2ccc(OCCN(C)C)c(c2)-c2cc1ccc2OCCN(C)C.S. The lowest BCUT2D eigenvalue weighted by molar-refractivity contribution is -0.142. The number of benzene rings is 3. The van der Waals surface area contributed by atoms with Crippen molar-refractivity contribution in [3.8, 4) is 40.1 Å². The molecule has 1 aliphatic heterocycles. The van der Waals surface area contributed by atoms with Crippen molar-refractivity contribution in [3.05, 3.63) is 94.8 Å². The summed E-state index contributed by atoms with van der Waals surface area (Å²) in [5.41, 5.74) is 11.2. The predicted molar refractivity (Wildman–Crippen MR) is 277 cm³/mol. The van der Waals surface area contributed by atoms with Gasteiger partial charge in [-0.05, 0) is 101 Å². The van der Waals surface area contributed by atoms with Crippen LogP contribution in [-0.4, -0.2) is 128 Å². The molecule has 1 aliphatic rings. The molecule has 3 aromatic carbocycles. The lowest BCUT2D eigenvalue weighted by Crippen LogP contribution is -2.46. The molecule has 0 radical (unpaired) electrons. The Labute approximate surface area is 421 Å². The summed E-state index contributed by atoms with van der Waals surface area (Å²) in [6, 6.07) is 18.7. The molecule has 0 saturated carbocycles. The van der Waals surface area contributed by atoms with Crippen molar-refractivity contribution < 1.29 is 33.4 Å². The summed E-state index contributed by atoms with van der Waals surface area (Å²) in [5, 5.41) is 12.2. The maximum atomic E-state index is 14.9. The number of carbonyl (C=O) groups excluding carboxylic acids is 5. The third-order valence-electron chi connectivity index (χ3n) is 12.5. The molecule has 0 saturated heterocycles. The number of fused-ring (bicyclic) bond motifs is 5. The fourth-order valence-electron chi connectivity index (χ4n) is 8.31. The molecule has 5 rings (SSSR count). The number of hydrogen-bond acceptors (Lipinski definition) is 13. The molecule has 4 bridgehead atoms. The molecule has 3 N–H and O–H groups in total. The van der Waals surface area contributed by atoms with Crippen LogP contribution >= 0.6 is 13.5 Å². The van der Waals surface area contributed by atoms with E-state index in [1.165, 1.54) is 23.7 Å². The van der Waals surface area contributed by atoms with Gasteiger partial charge in [-0.25, -0.2) is 9.97 Å². The van der Waals surface area contributed by atoms with Gasteiger partial charge in [0.25, 0.3) is 0 Å². The fraction of sp³-hybridized carbons (Fsp3) is 0.481. The number of hydrogen-bond donors (Lipinski definition) is 2. The van der Waals surface area contributed by atoms with Gasteiger partial charge in [-0.2, -0.15) is 18.8 Å². The Kier molecular flexibility index (Phi) is 20.8. The van der Waals surface area contributed by atoms with Crippen LogP contribution < -0.4 is 20.5 Å². The van der Waals surface area contributed by atoms with Gasteiger partial charge in [0.2, 0.25) is 11.8 Å². The largest absolute Gasteiger partial charge is 0.492 e. The first-order valence-electron chi connectivity index (χ1n) is 23.7. The Hall–Kier alpha value is -5.99. The van der Waals surface area contributed by atoms with Crippen LogP contribution in [0.3, 0.4) is 0 Å². The van der Waals surface area contributed by atoms with Crippen LogP contribution in [0.15, 0.2) is 66.9 Å². The molecule has 4 aromatic rings. The summed E-state index contributed by atoms with van der Waals surface area (Å²) in [6.07, 6.45) is 1.20. The van der Waals surface area contributed by atoms with E-state index in [0.717, 1.165) is 5.56 Å². The molecule has 2 heterocycles. The highest BCUT2D eigenvalue weighted by atomic mass is 32.1. The van der Waals surface area contributed by atoms with Crippen LogP contribution in [0.2, 0.25) is 0 Å². The van der Waals surface area contributed by atoms with Gasteiger partial charge in [0.15, 0.2) is 23.2 Å². The number of aryl methyl sites for hydroxylation is 1. The molecule has 0 aliphatic carbocycles. The molecule has 4 atom stereocenters. The lowest BCUT2D eigenvalue weighted by atomic mass is 9.86. The van der Waals surface area contributed by atoms with E-state index in [4.69, 9.17) is 15.2 Å². The number of rotatable bonds is 19. The Balaban J connectivity index is 0.0000107. The summed E-state index contributed by atoms with van der Waals surface area (Å²) in [5.74, 6) is -2.41. The number of nitrogens with one attached hydrogen (secondary N) is 1. The lowest BCUT2D eigenvalue weighted by Gasteiger charge is -2.32. The van der Waals surface area contributed by atoms with Gasteiger partial charge in [0.05, 0.1) is 23.4 Å². The number of ether oxygens (including phenoxy) is 2. The van der Waals surface area contributed by atoms with Crippen LogP contribution in [0, 0.1) is 30.1 Å². The zero-order chi connectivity index (χ0) is 50.6. The Bertz CT molecular complexity index is 2520. The number of nitriles is 1. The first kappa shape index (κ1) is 56.6. The van der Waals surface area contributed by atoms with Crippen molar-refractivity contribution in [1.82, 2.24) is 30.0 Å². The number of Topliss-reactive ketones (excluding diaryl/α,β-unsaturated/α-hetero) is 3. The van der Waals surface area contributed by atoms with E-state index in [-0.39, 0.29) is 81.1 Å². The second-order valence-corrected chi connectivity index (χ2v) is 19.6. The number of ketones is 3. The van der Waals surface area contributed by atoms with E-state index in [1.807, 2.05) is 92.6 Å². The summed E-state index contributed by atoms with van der Waals surface area (Å²) >= 11 is 0. The maximum absolute atomic E-state index is 14.9. The van der Waals surface area contributed by atoms with Crippen LogP contribution in [0.5, 0.6) is 11.5 Å². The zero-order valence-corrected chi connectivity index (χ0v) is 43.6. The number of carbonyl (C=O) groups is 5. The second kappa shape index (κ2) is 25.7. The molecule has 15 nitrogen and oxygen atoms in total. The number of nitrogens with two attached hydrogens (primary N) is 1. The highest BCUT2D eigenvalue weighted by Gasteiger charge is 2.36. The van der Waals surface area contributed by atoms with Gasteiger partial charge in [-0.3, -0.25) is 24.0 Å². The Morgan fingerprint density at radius 2 is 1.51 bits per heavy atom. The minimum Gasteiger partial charge on any atom is -0.492 e. The van der Waals surface area contributed by atoms with Crippen molar-refractivity contribution in [3.63, 3.8) is 0 Å². The average molecular weight is 977 g/mol. The van der Waals surface area contributed by atoms with Crippen molar-refractivity contribution in [2.45, 2.75) is 90.6 Å². The highest BCUT2D eigenvalue weighted by molar-refractivity contribution is 7.59. The number of aromatic nitrogens is 2. The van der Waals surface area contributed by atoms with E-state index in [2.05, 4.69) is 36.1 Å². The molecular weight excluding hydrogens is 905 g/mol. The predicted octanol–water partition coefficient (Wildman–Crippen LogP) is 6.66. The van der Waals surface area contributed by atoms with Gasteiger partial charge in [0, 0.05) is 80.5 Å². The van der Waals surface area contributed by atoms with Gasteiger partial charge < -0.3 is 35.2 Å². The first-order chi connectivity index (χ1) is 32.7. The van der Waals surface area contributed by atoms with Crippen LogP contribution in [0.25, 0.3) is 22.5 Å². The molecule has 2 amide bonds. The monoisotopic (exact) mass is 977 g/mol. The Morgan fingerprint density at radius 3 is 2.09 bits per heavy atom. The van der Waals surface area contributed by atoms with E-state index in [9.17, 15) is 29.2 Å². The van der Waals surface area contributed by atoms with E-state index >= 15 is 0 Å². The van der Waals surface area contributed by atoms with Gasteiger partial charge >= 0.3 is 0 Å². The van der Waals surface area contributed by atoms with Crippen LogP contribution in [-0.2, 0) is 31.0 Å². The number of amides is 2. The molecule has 16 heteroatoms. The number of nitrogens with zero attached hydrogens (tertiary/aromatic N) is 6. The topological polar surface area (TPSA) is 201 Å². The minimum atomic E-state index is -1.22. The highest BCUT2D eigenvalue weighted by Crippen LogP contribution is 2.41. The molecule has 0 spiro atoms. The summed E-state index contributed by atoms with van der Waals surface area (Å²) in [7, 11) is 9.30. The Morgan fingerprint density at radius 1 is 0.900 bits per heavy atom. The van der Waals surface area contributed by atoms with Crippen molar-refractivity contribution >= 4 is 42.7 Å². The maximum Gasteiger partial charge on any atom is 0.226 e. The quantitative estimate of drug-likeness (QED) is 0.0947. The third kappa shape index (κ3) is 15.0. The molecule has 0 unspecified atom stereocenters. The summed E-state index contributed by atoms with van der Waals surface area (Å²) < 4.78 is 12.8. The van der Waals surface area contributed by atoms with Gasteiger partial charge in [-0.1, -0.05) is 64.1 Å². The van der Waals surface area contributed by atoms with Crippen molar-refractivity contribution in [1.29, 1.82) is 5.26 Å². The van der Waals surface area contributed by atoms with Crippen molar-refractivity contribution in [2.75, 3.05) is 68.1 Å². The van der Waals surface area contributed by atoms with E-state index in [0.29, 0.717) is 71.6 Å². The molecule has 70 heavy (non-hydrogen) atoms. The number of likely N-dealkylation sites (N-methyl/N-ethyl adjacent to an activating group) is 3. The first-order valence-corrected chi connectivity index (χ1v) is 23.7. The molecule has 1 aromatic heterocycles. The summed E-state index contributed by atoms with van der Waals surface area (Å²) in [6.45, 7) is 11.8. The van der Waals surface area contributed by atoms with Crippen LogP contribution in [0.1, 0.15) is 98.6 Å². The van der Waals surface area contributed by atoms with Gasteiger partial charge in [-0.15, -0.1) is 0 Å². The van der Waals surface area contributed by atoms with E-state index in [1.54, 1.807) is 26.0 Å². The molecule has 0 fully saturated rings. The molecular formula is C54H72N8O7S. The fourth-order valence-corrected chi connectivity index (χ4v) is 8.31. The normalized spacial score (nSPS) is 16.6. The second-order valence-electron chi connectivity index (χ2n) is 19.6. The van der Waals surface area contributed by atoms with Crippen LogP contribution in [0.4, 0.5) is 0 Å². The zero-order valence-electron chi connectivity index (χ0n) is 42.6. The smallest absolute Gasteiger partial charge is 0.226 e. The van der Waals surface area contributed by atoms with E-state index < -0.39 is 41.5 Å².